The molecule has 0 saturated heterocycles. The minimum absolute atomic E-state index is 0.641. The van der Waals surface area contributed by atoms with Crippen molar-refractivity contribution < 1.29 is 0 Å². The number of hydrogen-bond acceptors (Lipinski definition) is 3. The van der Waals surface area contributed by atoms with Crippen LogP contribution in [0.15, 0.2) is 12.4 Å². The standard InChI is InChI=1S/C14H22N6S/c1-5-20-9-13(10(2)18-20)7-16-14(21)15-6-12-8-17-19(4)11(12)3/h8-9H,5-7H2,1-4H3,(H2,15,16,21). The van der Waals surface area contributed by atoms with Crippen LogP contribution in [0.3, 0.4) is 0 Å². The molecule has 0 spiro atoms. The van der Waals surface area contributed by atoms with Crippen LogP contribution in [0.2, 0.25) is 0 Å². The van der Waals surface area contributed by atoms with Gasteiger partial charge in [0.1, 0.15) is 0 Å². The zero-order chi connectivity index (χ0) is 15.4. The van der Waals surface area contributed by atoms with Gasteiger partial charge in [-0.3, -0.25) is 9.36 Å². The van der Waals surface area contributed by atoms with Crippen molar-refractivity contribution in [3.05, 3.63) is 34.9 Å². The first-order chi connectivity index (χ1) is 10.0. The fourth-order valence-corrected chi connectivity index (χ4v) is 2.17. The summed E-state index contributed by atoms with van der Waals surface area (Å²) in [5.41, 5.74) is 4.50. The Bertz CT molecular complexity index is 627. The molecule has 0 atom stereocenters. The van der Waals surface area contributed by atoms with Crippen LogP contribution >= 0.6 is 12.2 Å². The van der Waals surface area contributed by atoms with Gasteiger partial charge in [-0.25, -0.2) is 0 Å². The average Bonchev–Trinajstić information content (AvgIpc) is 2.99. The van der Waals surface area contributed by atoms with E-state index in [9.17, 15) is 0 Å². The van der Waals surface area contributed by atoms with E-state index in [2.05, 4.69) is 34.0 Å². The molecule has 21 heavy (non-hydrogen) atoms. The topological polar surface area (TPSA) is 59.7 Å². The highest BCUT2D eigenvalue weighted by Crippen LogP contribution is 2.06. The molecule has 6 nitrogen and oxygen atoms in total. The average molecular weight is 306 g/mol. The van der Waals surface area contributed by atoms with Gasteiger partial charge in [0.25, 0.3) is 0 Å². The molecule has 0 unspecified atom stereocenters. The lowest BCUT2D eigenvalue weighted by molar-refractivity contribution is 0.653. The summed E-state index contributed by atoms with van der Waals surface area (Å²) >= 11 is 5.30. The highest BCUT2D eigenvalue weighted by molar-refractivity contribution is 7.80. The summed E-state index contributed by atoms with van der Waals surface area (Å²) in [5.74, 6) is 0. The van der Waals surface area contributed by atoms with Crippen LogP contribution in [0.5, 0.6) is 0 Å². The Morgan fingerprint density at radius 1 is 1.24 bits per heavy atom. The summed E-state index contributed by atoms with van der Waals surface area (Å²) in [7, 11) is 1.93. The molecule has 0 amide bonds. The first-order valence-corrected chi connectivity index (χ1v) is 7.44. The zero-order valence-electron chi connectivity index (χ0n) is 13.0. The minimum atomic E-state index is 0.641. The Hall–Kier alpha value is -1.89. The minimum Gasteiger partial charge on any atom is -0.359 e. The lowest BCUT2D eigenvalue weighted by Gasteiger charge is -2.09. The molecule has 114 valence electrons. The van der Waals surface area contributed by atoms with E-state index in [4.69, 9.17) is 12.2 Å². The molecule has 0 radical (unpaired) electrons. The van der Waals surface area contributed by atoms with E-state index in [1.165, 1.54) is 5.56 Å². The lowest BCUT2D eigenvalue weighted by atomic mass is 10.2. The number of aromatic nitrogens is 4. The fraction of sp³-hybridized carbons (Fsp3) is 0.500. The summed E-state index contributed by atoms with van der Waals surface area (Å²) in [6.07, 6.45) is 3.91. The van der Waals surface area contributed by atoms with Crippen LogP contribution in [0, 0.1) is 13.8 Å². The second-order valence-corrected chi connectivity index (χ2v) is 5.42. The van der Waals surface area contributed by atoms with Gasteiger partial charge in [0.15, 0.2) is 5.11 Å². The van der Waals surface area contributed by atoms with E-state index >= 15 is 0 Å². The van der Waals surface area contributed by atoms with Crippen LogP contribution in [-0.2, 0) is 26.7 Å². The van der Waals surface area contributed by atoms with Gasteiger partial charge in [-0.2, -0.15) is 10.2 Å². The number of rotatable bonds is 5. The fourth-order valence-electron chi connectivity index (χ4n) is 2.03. The van der Waals surface area contributed by atoms with Gasteiger partial charge in [0.2, 0.25) is 0 Å². The first-order valence-electron chi connectivity index (χ1n) is 7.03. The molecule has 0 aliphatic rings. The van der Waals surface area contributed by atoms with Crippen molar-refractivity contribution >= 4 is 17.3 Å². The maximum absolute atomic E-state index is 5.30. The van der Waals surface area contributed by atoms with E-state index in [1.807, 2.05) is 36.5 Å². The Labute approximate surface area is 130 Å². The van der Waals surface area contributed by atoms with Crippen molar-refractivity contribution in [1.82, 2.24) is 30.2 Å². The number of nitrogens with one attached hydrogen (secondary N) is 2. The van der Waals surface area contributed by atoms with Gasteiger partial charge in [0, 0.05) is 49.7 Å². The molecule has 0 fully saturated rings. The van der Waals surface area contributed by atoms with Crippen LogP contribution in [0.4, 0.5) is 0 Å². The summed E-state index contributed by atoms with van der Waals surface area (Å²) in [4.78, 5) is 0. The number of hydrogen-bond donors (Lipinski definition) is 2. The third-order valence-corrected chi connectivity index (χ3v) is 3.88. The normalized spacial score (nSPS) is 10.7. The molecule has 0 aliphatic carbocycles. The van der Waals surface area contributed by atoms with Gasteiger partial charge in [-0.05, 0) is 33.0 Å². The van der Waals surface area contributed by atoms with Crippen molar-refractivity contribution in [2.75, 3.05) is 0 Å². The van der Waals surface area contributed by atoms with Crippen molar-refractivity contribution in [3.8, 4) is 0 Å². The molecule has 0 bridgehead atoms. The highest BCUT2D eigenvalue weighted by atomic mass is 32.1. The van der Waals surface area contributed by atoms with E-state index in [1.54, 1.807) is 0 Å². The maximum Gasteiger partial charge on any atom is 0.166 e. The number of nitrogens with zero attached hydrogens (tertiary/aromatic N) is 4. The number of aryl methyl sites for hydroxylation is 3. The molecule has 2 N–H and O–H groups in total. The molecular weight excluding hydrogens is 284 g/mol. The molecule has 2 aromatic heterocycles. The SMILES string of the molecule is CCn1cc(CNC(=S)NCc2cnn(C)c2C)c(C)n1. The van der Waals surface area contributed by atoms with E-state index in [0.29, 0.717) is 18.2 Å². The zero-order valence-corrected chi connectivity index (χ0v) is 13.8. The molecule has 0 aromatic carbocycles. The maximum atomic E-state index is 5.30. The van der Waals surface area contributed by atoms with Gasteiger partial charge < -0.3 is 10.6 Å². The second-order valence-electron chi connectivity index (χ2n) is 5.01. The van der Waals surface area contributed by atoms with E-state index < -0.39 is 0 Å². The van der Waals surface area contributed by atoms with Gasteiger partial charge in [0.05, 0.1) is 11.9 Å². The van der Waals surface area contributed by atoms with E-state index in [0.717, 1.165) is 23.5 Å². The van der Waals surface area contributed by atoms with Gasteiger partial charge in [-0.1, -0.05) is 0 Å². The van der Waals surface area contributed by atoms with Crippen molar-refractivity contribution in [1.29, 1.82) is 0 Å². The monoisotopic (exact) mass is 306 g/mol. The quantitative estimate of drug-likeness (QED) is 0.818. The first kappa shape index (κ1) is 15.5. The largest absolute Gasteiger partial charge is 0.359 e. The molecule has 7 heteroatoms. The predicted molar refractivity (Wildman–Crippen MR) is 86.9 cm³/mol. The van der Waals surface area contributed by atoms with Crippen LogP contribution < -0.4 is 10.6 Å². The van der Waals surface area contributed by atoms with Crippen molar-refractivity contribution in [3.63, 3.8) is 0 Å². The van der Waals surface area contributed by atoms with Crippen LogP contribution in [0.1, 0.15) is 29.4 Å². The Balaban J connectivity index is 1.82. The van der Waals surface area contributed by atoms with E-state index in [-0.39, 0.29) is 0 Å². The molecule has 0 aliphatic heterocycles. The lowest BCUT2D eigenvalue weighted by Crippen LogP contribution is -2.34. The van der Waals surface area contributed by atoms with Gasteiger partial charge in [-0.15, -0.1) is 0 Å². The molecular formula is C14H22N6S. The molecule has 0 saturated carbocycles. The van der Waals surface area contributed by atoms with Gasteiger partial charge >= 0.3 is 0 Å². The summed E-state index contributed by atoms with van der Waals surface area (Å²) in [6, 6.07) is 0. The summed E-state index contributed by atoms with van der Waals surface area (Å²) < 4.78 is 3.79. The summed E-state index contributed by atoms with van der Waals surface area (Å²) in [6.45, 7) is 8.37. The molecule has 2 heterocycles. The van der Waals surface area contributed by atoms with Crippen molar-refractivity contribution in [2.24, 2.45) is 7.05 Å². The predicted octanol–water partition coefficient (Wildman–Crippen LogP) is 1.42. The highest BCUT2D eigenvalue weighted by Gasteiger charge is 2.06. The smallest absolute Gasteiger partial charge is 0.166 e. The Kier molecular flexibility index (Phi) is 4.95. The summed E-state index contributed by atoms with van der Waals surface area (Å²) in [5, 5.41) is 15.7. The van der Waals surface area contributed by atoms with Crippen LogP contribution in [-0.4, -0.2) is 24.7 Å². The molecule has 2 rings (SSSR count). The van der Waals surface area contributed by atoms with Crippen LogP contribution in [0.25, 0.3) is 0 Å². The molecule has 2 aromatic rings. The van der Waals surface area contributed by atoms with Crippen molar-refractivity contribution in [2.45, 2.75) is 40.4 Å². The number of thiocarbonyl (C=S) groups is 1. The second kappa shape index (κ2) is 6.71. The third-order valence-electron chi connectivity index (χ3n) is 3.59. The Morgan fingerprint density at radius 3 is 2.43 bits per heavy atom. The third kappa shape index (κ3) is 3.81. The Morgan fingerprint density at radius 2 is 1.90 bits per heavy atom.